The monoisotopic (exact) mass is 271 g/mol. The molecule has 0 aliphatic heterocycles. The minimum Gasteiger partial charge on any atom is -0.496 e. The Morgan fingerprint density at radius 3 is 2.61 bits per heavy atom. The maximum absolute atomic E-state index is 10.7. The van der Waals surface area contributed by atoms with Crippen LogP contribution in [0.2, 0.25) is 0 Å². The summed E-state index contributed by atoms with van der Waals surface area (Å²) in [6.07, 6.45) is 1.45. The standard InChI is InChI=1S/C13H18ClNO3/c1-9(2)12(14)6-4-10-8-11(15(16)17)5-7-13(10)18-3/h5,7-9,12H,4,6H2,1-3H3. The fraction of sp³-hybridized carbons (Fsp3) is 0.538. The van der Waals surface area contributed by atoms with Crippen molar-refractivity contribution >= 4 is 17.3 Å². The van der Waals surface area contributed by atoms with Crippen LogP contribution in [-0.4, -0.2) is 17.4 Å². The first kappa shape index (κ1) is 14.8. The minimum atomic E-state index is -0.399. The number of rotatable bonds is 6. The molecule has 0 heterocycles. The number of methoxy groups -OCH3 is 1. The second-order valence-corrected chi connectivity index (χ2v) is 5.11. The van der Waals surface area contributed by atoms with Crippen molar-refractivity contribution in [1.29, 1.82) is 0 Å². The predicted molar refractivity (Wildman–Crippen MR) is 72.4 cm³/mol. The number of non-ortho nitro benzene ring substituents is 1. The van der Waals surface area contributed by atoms with Gasteiger partial charge in [-0.3, -0.25) is 10.1 Å². The number of benzene rings is 1. The van der Waals surface area contributed by atoms with E-state index >= 15 is 0 Å². The van der Waals surface area contributed by atoms with Gasteiger partial charge < -0.3 is 4.74 Å². The van der Waals surface area contributed by atoms with Crippen LogP contribution in [0, 0.1) is 16.0 Å². The Labute approximate surface area is 112 Å². The number of nitro benzene ring substituents is 1. The molecular weight excluding hydrogens is 254 g/mol. The van der Waals surface area contributed by atoms with Gasteiger partial charge in [-0.1, -0.05) is 13.8 Å². The lowest BCUT2D eigenvalue weighted by Gasteiger charge is -2.14. The molecule has 100 valence electrons. The van der Waals surface area contributed by atoms with E-state index in [0.717, 1.165) is 12.0 Å². The molecule has 1 rings (SSSR count). The molecule has 0 aliphatic carbocycles. The van der Waals surface area contributed by atoms with E-state index in [4.69, 9.17) is 16.3 Å². The summed E-state index contributed by atoms with van der Waals surface area (Å²) in [7, 11) is 1.56. The van der Waals surface area contributed by atoms with Crippen LogP contribution in [0.4, 0.5) is 5.69 Å². The maximum atomic E-state index is 10.7. The third-order valence-electron chi connectivity index (χ3n) is 2.89. The third-order valence-corrected chi connectivity index (χ3v) is 3.61. The molecule has 1 aromatic carbocycles. The molecule has 0 aromatic heterocycles. The lowest BCUT2D eigenvalue weighted by atomic mass is 10.0. The number of halogens is 1. The number of ether oxygens (including phenoxy) is 1. The van der Waals surface area contributed by atoms with Gasteiger partial charge in [-0.2, -0.15) is 0 Å². The summed E-state index contributed by atoms with van der Waals surface area (Å²) in [6.45, 7) is 4.12. The van der Waals surface area contributed by atoms with Crippen LogP contribution in [0.3, 0.4) is 0 Å². The SMILES string of the molecule is COc1ccc([N+](=O)[O-])cc1CCC(Cl)C(C)C. The largest absolute Gasteiger partial charge is 0.496 e. The van der Waals surface area contributed by atoms with Crippen molar-refractivity contribution in [2.75, 3.05) is 7.11 Å². The molecule has 0 bridgehead atoms. The molecule has 1 aromatic rings. The highest BCUT2D eigenvalue weighted by molar-refractivity contribution is 6.20. The van der Waals surface area contributed by atoms with Crippen LogP contribution < -0.4 is 4.74 Å². The highest BCUT2D eigenvalue weighted by atomic mass is 35.5. The predicted octanol–water partition coefficient (Wildman–Crippen LogP) is 3.80. The number of nitro groups is 1. The topological polar surface area (TPSA) is 52.4 Å². The second kappa shape index (κ2) is 6.59. The van der Waals surface area contributed by atoms with E-state index in [1.54, 1.807) is 19.2 Å². The lowest BCUT2D eigenvalue weighted by Crippen LogP contribution is -2.09. The highest BCUT2D eigenvalue weighted by Gasteiger charge is 2.14. The Balaban J connectivity index is 2.84. The number of alkyl halides is 1. The molecule has 0 N–H and O–H groups in total. The van der Waals surface area contributed by atoms with E-state index in [1.165, 1.54) is 6.07 Å². The van der Waals surface area contributed by atoms with Crippen LogP contribution in [0.1, 0.15) is 25.8 Å². The normalized spacial score (nSPS) is 12.5. The number of hydrogen-bond donors (Lipinski definition) is 0. The van der Waals surface area contributed by atoms with Crippen LogP contribution in [0.15, 0.2) is 18.2 Å². The number of aryl methyl sites for hydroxylation is 1. The zero-order chi connectivity index (χ0) is 13.7. The second-order valence-electron chi connectivity index (χ2n) is 4.55. The van der Waals surface area contributed by atoms with Gasteiger partial charge >= 0.3 is 0 Å². The third kappa shape index (κ3) is 3.88. The minimum absolute atomic E-state index is 0.0639. The van der Waals surface area contributed by atoms with Crippen LogP contribution >= 0.6 is 11.6 Å². The molecular formula is C13H18ClNO3. The highest BCUT2D eigenvalue weighted by Crippen LogP contribution is 2.27. The molecule has 0 spiro atoms. The van der Waals surface area contributed by atoms with Gasteiger partial charge in [-0.05, 0) is 24.8 Å². The van der Waals surface area contributed by atoms with Crippen molar-refractivity contribution in [1.82, 2.24) is 0 Å². The van der Waals surface area contributed by atoms with Crippen LogP contribution in [0.5, 0.6) is 5.75 Å². The zero-order valence-electron chi connectivity index (χ0n) is 10.9. The van der Waals surface area contributed by atoms with Gasteiger partial charge in [0.2, 0.25) is 0 Å². The molecule has 5 heteroatoms. The summed E-state index contributed by atoms with van der Waals surface area (Å²) in [4.78, 5) is 10.3. The van der Waals surface area contributed by atoms with Gasteiger partial charge in [0.1, 0.15) is 5.75 Å². The van der Waals surface area contributed by atoms with Crippen molar-refractivity contribution in [3.05, 3.63) is 33.9 Å². The van der Waals surface area contributed by atoms with E-state index in [9.17, 15) is 10.1 Å². The van der Waals surface area contributed by atoms with E-state index in [0.29, 0.717) is 18.1 Å². The Hall–Kier alpha value is -1.29. The summed E-state index contributed by atoms with van der Waals surface area (Å²) in [6, 6.07) is 4.64. The van der Waals surface area contributed by atoms with Crippen molar-refractivity contribution in [2.45, 2.75) is 32.1 Å². The van der Waals surface area contributed by atoms with Gasteiger partial charge in [0, 0.05) is 23.1 Å². The van der Waals surface area contributed by atoms with E-state index in [1.807, 2.05) is 0 Å². The molecule has 0 fully saturated rings. The maximum Gasteiger partial charge on any atom is 0.269 e. The molecule has 1 atom stereocenters. The Bertz CT molecular complexity index is 421. The quantitative estimate of drug-likeness (QED) is 0.449. The molecule has 0 radical (unpaired) electrons. The smallest absolute Gasteiger partial charge is 0.269 e. The van der Waals surface area contributed by atoms with Gasteiger partial charge in [0.15, 0.2) is 0 Å². The number of hydrogen-bond acceptors (Lipinski definition) is 3. The summed E-state index contributed by atoms with van der Waals surface area (Å²) in [5, 5.41) is 10.8. The molecule has 1 unspecified atom stereocenters. The first-order valence-corrected chi connectivity index (χ1v) is 6.34. The average Bonchev–Trinajstić information content (AvgIpc) is 2.35. The van der Waals surface area contributed by atoms with E-state index in [2.05, 4.69) is 13.8 Å². The summed E-state index contributed by atoms with van der Waals surface area (Å²) in [5.41, 5.74) is 0.916. The fourth-order valence-corrected chi connectivity index (χ4v) is 1.81. The summed E-state index contributed by atoms with van der Waals surface area (Å²) in [5.74, 6) is 1.06. The van der Waals surface area contributed by atoms with Gasteiger partial charge in [0.25, 0.3) is 5.69 Å². The first-order chi connectivity index (χ1) is 8.45. The Morgan fingerprint density at radius 1 is 1.44 bits per heavy atom. The van der Waals surface area contributed by atoms with Crippen LogP contribution in [-0.2, 0) is 6.42 Å². The Kier molecular flexibility index (Phi) is 5.41. The van der Waals surface area contributed by atoms with Crippen molar-refractivity contribution in [2.24, 2.45) is 5.92 Å². The average molecular weight is 272 g/mol. The van der Waals surface area contributed by atoms with Crippen molar-refractivity contribution in [3.8, 4) is 5.75 Å². The van der Waals surface area contributed by atoms with Crippen molar-refractivity contribution < 1.29 is 9.66 Å². The van der Waals surface area contributed by atoms with Gasteiger partial charge in [-0.25, -0.2) is 0 Å². The summed E-state index contributed by atoms with van der Waals surface area (Å²) < 4.78 is 5.21. The first-order valence-electron chi connectivity index (χ1n) is 5.91. The van der Waals surface area contributed by atoms with Crippen molar-refractivity contribution in [3.63, 3.8) is 0 Å². The fourth-order valence-electron chi connectivity index (χ4n) is 1.70. The van der Waals surface area contributed by atoms with Crippen LogP contribution in [0.25, 0.3) is 0 Å². The number of nitrogens with zero attached hydrogens (tertiary/aromatic N) is 1. The van der Waals surface area contributed by atoms with Gasteiger partial charge in [-0.15, -0.1) is 11.6 Å². The van der Waals surface area contributed by atoms with E-state index in [-0.39, 0.29) is 11.1 Å². The molecule has 0 saturated heterocycles. The molecule has 0 amide bonds. The van der Waals surface area contributed by atoms with E-state index < -0.39 is 4.92 Å². The molecule has 0 saturated carbocycles. The molecule has 0 aliphatic rings. The van der Waals surface area contributed by atoms with Gasteiger partial charge in [0.05, 0.1) is 12.0 Å². The molecule has 18 heavy (non-hydrogen) atoms. The summed E-state index contributed by atoms with van der Waals surface area (Å²) >= 11 is 6.19. The zero-order valence-corrected chi connectivity index (χ0v) is 11.6. The molecule has 4 nitrogen and oxygen atoms in total. The Morgan fingerprint density at radius 2 is 2.11 bits per heavy atom. The lowest BCUT2D eigenvalue weighted by molar-refractivity contribution is -0.384.